The third-order valence-corrected chi connectivity index (χ3v) is 2.10. The summed E-state index contributed by atoms with van der Waals surface area (Å²) >= 11 is 5.26. The molecular weight excluding hydrogens is 184 g/mol. The zero-order valence-corrected chi connectivity index (χ0v) is 9.36. The van der Waals surface area contributed by atoms with Gasteiger partial charge in [-0.15, -0.1) is 0 Å². The zero-order valence-electron chi connectivity index (χ0n) is 8.61. The Bertz CT molecular complexity index is 173. The van der Waals surface area contributed by atoms with Gasteiger partial charge in [-0.1, -0.05) is 37.8 Å². The molecule has 0 bridgehead atoms. The smallest absolute Gasteiger partial charge is 0.225 e. The highest BCUT2D eigenvalue weighted by atomic mass is 35.5. The second kappa shape index (κ2) is 8.31. The molecule has 0 aliphatic heterocycles. The lowest BCUT2D eigenvalue weighted by atomic mass is 10.1. The van der Waals surface area contributed by atoms with E-state index in [1.54, 1.807) is 0 Å². The summed E-state index contributed by atoms with van der Waals surface area (Å²) in [5.74, 6) is 0. The minimum absolute atomic E-state index is 0.262. The lowest BCUT2D eigenvalue weighted by molar-refractivity contribution is -0.111. The van der Waals surface area contributed by atoms with Crippen LogP contribution in [0.2, 0.25) is 0 Å². The molecule has 0 fully saturated rings. The first kappa shape index (κ1) is 12.7. The van der Waals surface area contributed by atoms with Crippen molar-refractivity contribution in [1.29, 1.82) is 0 Å². The van der Waals surface area contributed by atoms with E-state index >= 15 is 0 Å². The summed E-state index contributed by atoms with van der Waals surface area (Å²) in [6, 6.07) is 0. The van der Waals surface area contributed by atoms with Crippen molar-refractivity contribution in [1.82, 2.24) is 0 Å². The Morgan fingerprint density at radius 3 is 2.54 bits per heavy atom. The van der Waals surface area contributed by atoms with Gasteiger partial charge in [0.1, 0.15) is 0 Å². The summed E-state index contributed by atoms with van der Waals surface area (Å²) in [6.45, 7) is 4.16. The molecule has 0 N–H and O–H groups in total. The minimum atomic E-state index is -0.262. The molecule has 0 radical (unpaired) electrons. The van der Waals surface area contributed by atoms with E-state index in [2.05, 4.69) is 13.0 Å². The molecule has 0 aromatic rings. The lowest BCUT2D eigenvalue weighted by Crippen LogP contribution is -1.87. The maximum absolute atomic E-state index is 10.5. The number of unbranched alkanes of at least 4 members (excludes halogenated alkanes) is 4. The first-order valence-corrected chi connectivity index (χ1v) is 5.38. The van der Waals surface area contributed by atoms with Gasteiger partial charge in [-0.2, -0.15) is 0 Å². The number of hydrogen-bond acceptors (Lipinski definition) is 1. The Balaban J connectivity index is 3.42. The van der Waals surface area contributed by atoms with Crippen molar-refractivity contribution in [3.8, 4) is 0 Å². The van der Waals surface area contributed by atoms with Crippen LogP contribution in [-0.4, -0.2) is 5.24 Å². The van der Waals surface area contributed by atoms with Crippen LogP contribution in [0.25, 0.3) is 0 Å². The van der Waals surface area contributed by atoms with Gasteiger partial charge in [-0.3, -0.25) is 4.79 Å². The first-order valence-electron chi connectivity index (χ1n) is 5.00. The van der Waals surface area contributed by atoms with Crippen molar-refractivity contribution in [3.63, 3.8) is 0 Å². The minimum Gasteiger partial charge on any atom is -0.281 e. The molecule has 0 unspecified atom stereocenters. The molecule has 76 valence electrons. The Kier molecular flexibility index (Phi) is 8.11. The van der Waals surface area contributed by atoms with Crippen molar-refractivity contribution >= 4 is 16.8 Å². The Morgan fingerprint density at radius 2 is 2.00 bits per heavy atom. The topological polar surface area (TPSA) is 17.1 Å². The number of carbonyl (C=O) groups is 1. The van der Waals surface area contributed by atoms with Crippen LogP contribution in [-0.2, 0) is 4.79 Å². The second-order valence-corrected chi connectivity index (χ2v) is 3.85. The van der Waals surface area contributed by atoms with Crippen molar-refractivity contribution < 1.29 is 4.79 Å². The Hall–Kier alpha value is -0.300. The number of hydrogen-bond donors (Lipinski definition) is 0. The molecule has 0 saturated heterocycles. The van der Waals surface area contributed by atoms with Crippen LogP contribution in [0.3, 0.4) is 0 Å². The molecule has 0 heterocycles. The summed E-state index contributed by atoms with van der Waals surface area (Å²) in [7, 11) is 0. The fourth-order valence-corrected chi connectivity index (χ4v) is 1.42. The normalized spacial score (nSPS) is 11.8. The van der Waals surface area contributed by atoms with Gasteiger partial charge in [0.25, 0.3) is 0 Å². The van der Waals surface area contributed by atoms with Gasteiger partial charge in [0.2, 0.25) is 5.24 Å². The third-order valence-electron chi connectivity index (χ3n) is 1.97. The number of carbonyl (C=O) groups excluding carboxylic acids is 1. The van der Waals surface area contributed by atoms with Gasteiger partial charge in [0.15, 0.2) is 0 Å². The monoisotopic (exact) mass is 202 g/mol. The van der Waals surface area contributed by atoms with Crippen LogP contribution in [0.1, 0.15) is 52.4 Å². The molecule has 0 aliphatic rings. The van der Waals surface area contributed by atoms with Gasteiger partial charge in [0.05, 0.1) is 0 Å². The predicted molar refractivity (Wildman–Crippen MR) is 58.0 cm³/mol. The van der Waals surface area contributed by atoms with Crippen LogP contribution in [0.5, 0.6) is 0 Å². The number of rotatable bonds is 7. The summed E-state index contributed by atoms with van der Waals surface area (Å²) in [5.41, 5.74) is 1.09. The summed E-state index contributed by atoms with van der Waals surface area (Å²) < 4.78 is 0. The van der Waals surface area contributed by atoms with Crippen molar-refractivity contribution in [2.45, 2.75) is 52.4 Å². The molecule has 13 heavy (non-hydrogen) atoms. The Labute approximate surface area is 86.2 Å². The Morgan fingerprint density at radius 1 is 1.31 bits per heavy atom. The van der Waals surface area contributed by atoms with Crippen molar-refractivity contribution in [2.24, 2.45) is 0 Å². The fourth-order valence-electron chi connectivity index (χ4n) is 1.21. The molecule has 0 atom stereocenters. The quantitative estimate of drug-likeness (QED) is 0.346. The molecule has 1 nitrogen and oxygen atoms in total. The lowest BCUT2D eigenvalue weighted by Gasteiger charge is -1.97. The second-order valence-electron chi connectivity index (χ2n) is 3.43. The molecule has 0 amide bonds. The van der Waals surface area contributed by atoms with E-state index in [9.17, 15) is 4.79 Å². The van der Waals surface area contributed by atoms with Crippen LogP contribution < -0.4 is 0 Å². The van der Waals surface area contributed by atoms with E-state index in [1.165, 1.54) is 25.7 Å². The fraction of sp³-hybridized carbons (Fsp3) is 0.727. The van der Waals surface area contributed by atoms with Gasteiger partial charge >= 0.3 is 0 Å². The summed E-state index contributed by atoms with van der Waals surface area (Å²) in [6.07, 6.45) is 8.68. The molecule has 0 rings (SSSR count). The van der Waals surface area contributed by atoms with Crippen LogP contribution in [0, 0.1) is 0 Å². The summed E-state index contributed by atoms with van der Waals surface area (Å²) in [4.78, 5) is 10.5. The molecule has 0 spiro atoms. The largest absolute Gasteiger partial charge is 0.281 e. The maximum atomic E-state index is 10.5. The molecule has 0 aliphatic carbocycles. The highest BCUT2D eigenvalue weighted by Gasteiger charge is 1.96. The van der Waals surface area contributed by atoms with Crippen molar-refractivity contribution in [2.75, 3.05) is 0 Å². The van der Waals surface area contributed by atoms with E-state index < -0.39 is 0 Å². The van der Waals surface area contributed by atoms with E-state index in [0.29, 0.717) is 6.42 Å². The molecule has 2 heteroatoms. The van der Waals surface area contributed by atoms with Crippen molar-refractivity contribution in [3.05, 3.63) is 11.6 Å². The number of allylic oxidation sites excluding steroid dienone is 2. The average molecular weight is 203 g/mol. The highest BCUT2D eigenvalue weighted by molar-refractivity contribution is 6.63. The predicted octanol–water partition coefficient (Wildman–Crippen LogP) is 4.06. The highest BCUT2D eigenvalue weighted by Crippen LogP contribution is 2.08. The van der Waals surface area contributed by atoms with E-state index in [0.717, 1.165) is 12.0 Å². The SMILES string of the molecule is CCCCCC/C=C(\C)CC(=O)Cl. The first-order chi connectivity index (χ1) is 6.16. The third kappa shape index (κ3) is 9.62. The maximum Gasteiger partial charge on any atom is 0.225 e. The van der Waals surface area contributed by atoms with Crippen LogP contribution in [0.4, 0.5) is 0 Å². The van der Waals surface area contributed by atoms with E-state index in [1.807, 2.05) is 6.92 Å². The van der Waals surface area contributed by atoms with E-state index in [4.69, 9.17) is 11.6 Å². The standard InChI is InChI=1S/C11H19ClO/c1-3-4-5-6-7-8-10(2)9-11(12)13/h8H,3-7,9H2,1-2H3/b10-8+. The zero-order chi connectivity index (χ0) is 10.1. The molecule has 0 saturated carbocycles. The van der Waals surface area contributed by atoms with E-state index in [-0.39, 0.29) is 5.24 Å². The molecule has 0 aromatic carbocycles. The summed E-state index contributed by atoms with van der Waals surface area (Å²) in [5, 5.41) is -0.262. The van der Waals surface area contributed by atoms with Crippen LogP contribution in [0.15, 0.2) is 11.6 Å². The van der Waals surface area contributed by atoms with Crippen LogP contribution >= 0.6 is 11.6 Å². The van der Waals surface area contributed by atoms with Gasteiger partial charge in [-0.25, -0.2) is 0 Å². The van der Waals surface area contributed by atoms with Gasteiger partial charge in [-0.05, 0) is 31.4 Å². The van der Waals surface area contributed by atoms with Gasteiger partial charge < -0.3 is 0 Å². The number of halogens is 1. The average Bonchev–Trinajstić information content (AvgIpc) is 2.02. The molecular formula is C11H19ClO. The van der Waals surface area contributed by atoms with Gasteiger partial charge in [0, 0.05) is 6.42 Å². The molecule has 0 aromatic heterocycles.